The van der Waals surface area contributed by atoms with Crippen LogP contribution in [-0.2, 0) is 6.54 Å². The molecule has 0 radical (unpaired) electrons. The Hall–Kier alpha value is -1.40. The topological polar surface area (TPSA) is 35.8 Å². The van der Waals surface area contributed by atoms with Crippen molar-refractivity contribution < 1.29 is 4.39 Å². The predicted molar refractivity (Wildman–Crippen MR) is 69.4 cm³/mol. The fraction of sp³-hybridized carbons (Fsp3) is 0.533. The minimum atomic E-state index is -0.383. The van der Waals surface area contributed by atoms with Crippen LogP contribution < -0.4 is 5.32 Å². The van der Waals surface area contributed by atoms with Gasteiger partial charge in [-0.05, 0) is 31.7 Å². The third-order valence-electron chi connectivity index (χ3n) is 3.92. The molecule has 1 fully saturated rings. The zero-order valence-electron chi connectivity index (χ0n) is 10.7. The summed E-state index contributed by atoms with van der Waals surface area (Å²) in [6.45, 7) is 2.67. The number of halogens is 1. The van der Waals surface area contributed by atoms with Crippen molar-refractivity contribution in [2.24, 2.45) is 5.92 Å². The molecular weight excluding hydrogens is 227 g/mol. The first kappa shape index (κ1) is 13.0. The maximum Gasteiger partial charge on any atom is 0.145 e. The molecule has 1 atom stereocenters. The molecule has 3 heteroatoms. The van der Waals surface area contributed by atoms with Gasteiger partial charge < -0.3 is 5.32 Å². The maximum atomic E-state index is 13.8. The monoisotopic (exact) mass is 246 g/mol. The van der Waals surface area contributed by atoms with Gasteiger partial charge in [0.25, 0.3) is 0 Å². The van der Waals surface area contributed by atoms with E-state index in [1.165, 1.54) is 31.7 Å². The lowest BCUT2D eigenvalue weighted by molar-refractivity contribution is 0.378. The standard InChI is InChI=1S/C15H19FN2/c1-11(12-5-2-3-6-12)18-10-14-8-4-7-13(9-17)15(14)16/h4,7-8,11-12,18H,2-3,5-6,10H2,1H3/t11-/m0/s1. The quantitative estimate of drug-likeness (QED) is 0.884. The molecule has 1 aliphatic carbocycles. The first-order valence-corrected chi connectivity index (χ1v) is 6.63. The van der Waals surface area contributed by atoms with Crippen LogP contribution in [0.2, 0.25) is 0 Å². The first-order chi connectivity index (χ1) is 8.72. The Labute approximate surface area is 108 Å². The van der Waals surface area contributed by atoms with Crippen molar-refractivity contribution in [2.75, 3.05) is 0 Å². The van der Waals surface area contributed by atoms with Crippen molar-refractivity contribution in [2.45, 2.75) is 45.2 Å². The van der Waals surface area contributed by atoms with E-state index in [-0.39, 0.29) is 11.4 Å². The third-order valence-corrected chi connectivity index (χ3v) is 3.92. The van der Waals surface area contributed by atoms with Gasteiger partial charge in [0.1, 0.15) is 11.9 Å². The molecular formula is C15H19FN2. The summed E-state index contributed by atoms with van der Waals surface area (Å²) in [5.41, 5.74) is 0.710. The van der Waals surface area contributed by atoms with Crippen molar-refractivity contribution in [3.63, 3.8) is 0 Å². The molecule has 0 heterocycles. The summed E-state index contributed by atoms with van der Waals surface area (Å²) in [5.74, 6) is 0.332. The molecule has 1 aromatic rings. The highest BCUT2D eigenvalue weighted by molar-refractivity contribution is 5.34. The smallest absolute Gasteiger partial charge is 0.145 e. The van der Waals surface area contributed by atoms with Gasteiger partial charge in [0.05, 0.1) is 5.56 Å². The van der Waals surface area contributed by atoms with Crippen LogP contribution in [0.25, 0.3) is 0 Å². The van der Waals surface area contributed by atoms with Crippen molar-refractivity contribution in [3.8, 4) is 6.07 Å². The van der Waals surface area contributed by atoms with Crippen molar-refractivity contribution in [1.29, 1.82) is 5.26 Å². The number of benzene rings is 1. The highest BCUT2D eigenvalue weighted by Gasteiger charge is 2.21. The molecule has 0 aliphatic heterocycles. The fourth-order valence-electron chi connectivity index (χ4n) is 2.70. The minimum absolute atomic E-state index is 0.128. The van der Waals surface area contributed by atoms with E-state index in [9.17, 15) is 4.39 Å². The number of nitrogens with one attached hydrogen (secondary N) is 1. The molecule has 1 N–H and O–H groups in total. The first-order valence-electron chi connectivity index (χ1n) is 6.63. The number of hydrogen-bond donors (Lipinski definition) is 1. The Morgan fingerprint density at radius 3 is 2.83 bits per heavy atom. The summed E-state index contributed by atoms with van der Waals surface area (Å²) in [7, 11) is 0. The van der Waals surface area contributed by atoms with Crippen LogP contribution in [0.4, 0.5) is 4.39 Å². The van der Waals surface area contributed by atoms with E-state index in [4.69, 9.17) is 5.26 Å². The normalized spacial score (nSPS) is 17.6. The summed E-state index contributed by atoms with van der Waals surface area (Å²) < 4.78 is 13.8. The lowest BCUT2D eigenvalue weighted by atomic mass is 9.99. The Morgan fingerprint density at radius 1 is 1.44 bits per heavy atom. The molecule has 0 unspecified atom stereocenters. The van der Waals surface area contributed by atoms with Crippen LogP contribution in [0, 0.1) is 23.1 Å². The van der Waals surface area contributed by atoms with Crippen molar-refractivity contribution in [3.05, 3.63) is 35.1 Å². The predicted octanol–water partition coefficient (Wildman–Crippen LogP) is 3.37. The van der Waals surface area contributed by atoms with Gasteiger partial charge in [-0.15, -0.1) is 0 Å². The van der Waals surface area contributed by atoms with E-state index in [0.717, 1.165) is 0 Å². The van der Waals surface area contributed by atoms with Crippen LogP contribution in [-0.4, -0.2) is 6.04 Å². The Morgan fingerprint density at radius 2 is 2.17 bits per heavy atom. The zero-order chi connectivity index (χ0) is 13.0. The van der Waals surface area contributed by atoms with E-state index < -0.39 is 0 Å². The van der Waals surface area contributed by atoms with Gasteiger partial charge in [-0.2, -0.15) is 5.26 Å². The number of hydrogen-bond acceptors (Lipinski definition) is 2. The van der Waals surface area contributed by atoms with Crippen LogP contribution in [0.5, 0.6) is 0 Å². The molecule has 18 heavy (non-hydrogen) atoms. The average molecular weight is 246 g/mol. The van der Waals surface area contributed by atoms with Crippen molar-refractivity contribution >= 4 is 0 Å². The van der Waals surface area contributed by atoms with Crippen LogP contribution in [0.15, 0.2) is 18.2 Å². The van der Waals surface area contributed by atoms with E-state index in [0.29, 0.717) is 24.1 Å². The second-order valence-electron chi connectivity index (χ2n) is 5.10. The molecule has 1 saturated carbocycles. The fourth-order valence-corrected chi connectivity index (χ4v) is 2.70. The van der Waals surface area contributed by atoms with Crippen molar-refractivity contribution in [1.82, 2.24) is 5.32 Å². The van der Waals surface area contributed by atoms with Gasteiger partial charge in [0, 0.05) is 18.2 Å². The van der Waals surface area contributed by atoms with E-state index in [2.05, 4.69) is 12.2 Å². The van der Waals surface area contributed by atoms with E-state index in [1.54, 1.807) is 12.1 Å². The molecule has 2 rings (SSSR count). The van der Waals surface area contributed by atoms with Gasteiger partial charge in [-0.25, -0.2) is 4.39 Å². The van der Waals surface area contributed by atoms with Gasteiger partial charge in [0.15, 0.2) is 0 Å². The second kappa shape index (κ2) is 5.97. The summed E-state index contributed by atoms with van der Waals surface area (Å²) in [6.07, 6.45) is 5.17. The third kappa shape index (κ3) is 2.88. The van der Waals surface area contributed by atoms with E-state index >= 15 is 0 Å². The van der Waals surface area contributed by atoms with Crippen LogP contribution in [0.1, 0.15) is 43.7 Å². The molecule has 1 aliphatic rings. The molecule has 2 nitrogen and oxygen atoms in total. The highest BCUT2D eigenvalue weighted by Crippen LogP contribution is 2.27. The summed E-state index contributed by atoms with van der Waals surface area (Å²) in [6, 6.07) is 7.28. The molecule has 0 aromatic heterocycles. The highest BCUT2D eigenvalue weighted by atomic mass is 19.1. The van der Waals surface area contributed by atoms with Gasteiger partial charge in [-0.3, -0.25) is 0 Å². The maximum absolute atomic E-state index is 13.8. The van der Waals surface area contributed by atoms with Crippen LogP contribution in [0.3, 0.4) is 0 Å². The van der Waals surface area contributed by atoms with Crippen LogP contribution >= 0.6 is 0 Å². The molecule has 0 amide bonds. The Kier molecular flexibility index (Phi) is 4.33. The number of nitrogens with zero attached hydrogens (tertiary/aromatic N) is 1. The van der Waals surface area contributed by atoms with Gasteiger partial charge >= 0.3 is 0 Å². The molecule has 0 saturated heterocycles. The van der Waals surface area contributed by atoms with Gasteiger partial charge in [-0.1, -0.05) is 25.0 Å². The minimum Gasteiger partial charge on any atom is -0.310 e. The second-order valence-corrected chi connectivity index (χ2v) is 5.10. The Bertz CT molecular complexity index is 444. The number of nitriles is 1. The zero-order valence-corrected chi connectivity index (χ0v) is 10.7. The number of rotatable bonds is 4. The average Bonchev–Trinajstić information content (AvgIpc) is 2.91. The summed E-state index contributed by atoms with van der Waals surface area (Å²) in [4.78, 5) is 0. The molecule has 1 aromatic carbocycles. The molecule has 96 valence electrons. The molecule has 0 bridgehead atoms. The summed E-state index contributed by atoms with van der Waals surface area (Å²) >= 11 is 0. The lowest BCUT2D eigenvalue weighted by Gasteiger charge is -2.20. The van der Waals surface area contributed by atoms with E-state index in [1.807, 2.05) is 6.07 Å². The SMILES string of the molecule is C[C@H](NCc1cccc(C#N)c1F)C1CCCC1. The Balaban J connectivity index is 1.95. The summed E-state index contributed by atoms with van der Waals surface area (Å²) in [5, 5.41) is 12.2. The molecule has 0 spiro atoms. The largest absolute Gasteiger partial charge is 0.310 e. The lowest BCUT2D eigenvalue weighted by Crippen LogP contribution is -2.32. The van der Waals surface area contributed by atoms with Gasteiger partial charge in [0.2, 0.25) is 0 Å².